The molecule has 1 amide bonds. The summed E-state index contributed by atoms with van der Waals surface area (Å²) in [7, 11) is 1.85. The first-order valence-corrected chi connectivity index (χ1v) is 5.35. The van der Waals surface area contributed by atoms with Crippen LogP contribution in [-0.2, 0) is 4.79 Å². The van der Waals surface area contributed by atoms with Crippen LogP contribution in [0.3, 0.4) is 0 Å². The van der Waals surface area contributed by atoms with Gasteiger partial charge in [0.2, 0.25) is 5.91 Å². The lowest BCUT2D eigenvalue weighted by molar-refractivity contribution is -0.114. The molecule has 72 valence electrons. The molecule has 1 heterocycles. The molecule has 0 aromatic carbocycles. The minimum Gasteiger partial charge on any atom is -0.302 e. The third kappa shape index (κ3) is 2.98. The van der Waals surface area contributed by atoms with Crippen molar-refractivity contribution in [2.45, 2.75) is 18.1 Å². The van der Waals surface area contributed by atoms with Gasteiger partial charge < -0.3 is 5.32 Å². The van der Waals surface area contributed by atoms with E-state index in [1.54, 1.807) is 0 Å². The highest BCUT2D eigenvalue weighted by Gasteiger charge is 2.07. The smallest absolute Gasteiger partial charge is 0.223 e. The van der Waals surface area contributed by atoms with Crippen molar-refractivity contribution in [3.8, 4) is 0 Å². The maximum atomic E-state index is 10.7. The van der Waals surface area contributed by atoms with Crippen molar-refractivity contribution >= 4 is 34.3 Å². The van der Waals surface area contributed by atoms with Gasteiger partial charge in [-0.2, -0.15) is 0 Å². The van der Waals surface area contributed by atoms with E-state index >= 15 is 0 Å². The number of amides is 1. The van der Waals surface area contributed by atoms with Gasteiger partial charge in [0.15, 0.2) is 5.13 Å². The molecule has 0 radical (unpaired) electrons. The lowest BCUT2D eigenvalue weighted by Gasteiger charge is -1.92. The van der Waals surface area contributed by atoms with E-state index in [0.717, 1.165) is 9.90 Å². The fourth-order valence-electron chi connectivity index (χ4n) is 0.774. The summed E-state index contributed by atoms with van der Waals surface area (Å²) in [6.07, 6.45) is 0. The van der Waals surface area contributed by atoms with Crippen molar-refractivity contribution < 1.29 is 4.79 Å². The molecule has 0 aliphatic rings. The lowest BCUT2D eigenvalue weighted by Crippen LogP contribution is -2.04. The van der Waals surface area contributed by atoms with Crippen LogP contribution >= 0.6 is 23.3 Å². The number of nitrogens with zero attached hydrogens (tertiary/aromatic N) is 1. The van der Waals surface area contributed by atoms with E-state index in [-0.39, 0.29) is 5.91 Å². The molecule has 0 saturated carbocycles. The van der Waals surface area contributed by atoms with Gasteiger partial charge in [0, 0.05) is 6.92 Å². The largest absolute Gasteiger partial charge is 0.302 e. The Morgan fingerprint density at radius 2 is 2.31 bits per heavy atom. The third-order valence-corrected chi connectivity index (χ3v) is 3.28. The first kappa shape index (κ1) is 10.5. The summed E-state index contributed by atoms with van der Waals surface area (Å²) >= 11 is 2.97. The number of hydrogen-bond donors (Lipinski definition) is 2. The van der Waals surface area contributed by atoms with Gasteiger partial charge in [-0.05, 0) is 25.9 Å². The summed E-state index contributed by atoms with van der Waals surface area (Å²) in [5.74, 6) is -0.0882. The normalized spacial score (nSPS) is 10.1. The number of hydrogen-bond acceptors (Lipinski definition) is 5. The van der Waals surface area contributed by atoms with Crippen molar-refractivity contribution in [3.05, 3.63) is 5.69 Å². The van der Waals surface area contributed by atoms with E-state index in [0.29, 0.717) is 5.13 Å². The summed E-state index contributed by atoms with van der Waals surface area (Å²) in [5.41, 5.74) is 0.938. The van der Waals surface area contributed by atoms with Gasteiger partial charge >= 0.3 is 0 Å². The van der Waals surface area contributed by atoms with Crippen molar-refractivity contribution in [1.82, 2.24) is 9.71 Å². The minimum atomic E-state index is -0.0882. The number of aryl methyl sites for hydroxylation is 1. The first-order chi connectivity index (χ1) is 6.13. The van der Waals surface area contributed by atoms with E-state index in [1.807, 2.05) is 14.0 Å². The second-order valence-electron chi connectivity index (χ2n) is 2.38. The molecule has 0 spiro atoms. The highest BCUT2D eigenvalue weighted by Crippen LogP contribution is 2.29. The zero-order valence-electron chi connectivity index (χ0n) is 7.67. The number of rotatable bonds is 3. The third-order valence-electron chi connectivity index (χ3n) is 1.23. The molecule has 0 atom stereocenters. The second kappa shape index (κ2) is 4.59. The zero-order chi connectivity index (χ0) is 9.84. The number of nitrogens with one attached hydrogen (secondary N) is 2. The lowest BCUT2D eigenvalue weighted by atomic mass is 10.6. The molecule has 0 bridgehead atoms. The standard InChI is InChI=1S/C7H11N3OS2/c1-4-6(13-8-3)12-7(9-4)10-5(2)11/h8H,1-3H3,(H,9,10,11). The van der Waals surface area contributed by atoms with Crippen molar-refractivity contribution in [2.75, 3.05) is 12.4 Å². The first-order valence-electron chi connectivity index (χ1n) is 3.72. The van der Waals surface area contributed by atoms with Crippen molar-refractivity contribution in [2.24, 2.45) is 0 Å². The Hall–Kier alpha value is -0.590. The van der Waals surface area contributed by atoms with E-state index in [1.165, 1.54) is 30.2 Å². The van der Waals surface area contributed by atoms with Crippen LogP contribution in [0.1, 0.15) is 12.6 Å². The number of carbonyl (C=O) groups excluding carboxylic acids is 1. The predicted octanol–water partition coefficient (Wildman–Crippen LogP) is 1.64. The Morgan fingerprint density at radius 3 is 2.85 bits per heavy atom. The van der Waals surface area contributed by atoms with Crippen molar-refractivity contribution in [3.63, 3.8) is 0 Å². The maximum Gasteiger partial charge on any atom is 0.223 e. The average molecular weight is 217 g/mol. The molecule has 13 heavy (non-hydrogen) atoms. The molecular weight excluding hydrogens is 206 g/mol. The number of thiazole rings is 1. The second-order valence-corrected chi connectivity index (χ2v) is 4.66. The summed E-state index contributed by atoms with van der Waals surface area (Å²) in [4.78, 5) is 14.9. The highest BCUT2D eigenvalue weighted by atomic mass is 32.2. The fourth-order valence-corrected chi connectivity index (χ4v) is 2.55. The SMILES string of the molecule is CNSc1sc(NC(C)=O)nc1C. The number of anilines is 1. The summed E-state index contributed by atoms with van der Waals surface area (Å²) in [6.45, 7) is 3.39. The number of aromatic nitrogens is 1. The molecule has 0 saturated heterocycles. The molecule has 0 aliphatic heterocycles. The monoisotopic (exact) mass is 217 g/mol. The maximum absolute atomic E-state index is 10.7. The predicted molar refractivity (Wildman–Crippen MR) is 56.1 cm³/mol. The Labute approximate surface area is 85.3 Å². The van der Waals surface area contributed by atoms with Crippen LogP contribution in [0.15, 0.2) is 4.21 Å². The van der Waals surface area contributed by atoms with Crippen LogP contribution in [0, 0.1) is 6.92 Å². The van der Waals surface area contributed by atoms with Crippen LogP contribution in [0.4, 0.5) is 5.13 Å². The Morgan fingerprint density at radius 1 is 1.62 bits per heavy atom. The molecule has 0 aliphatic carbocycles. The minimum absolute atomic E-state index is 0.0882. The van der Waals surface area contributed by atoms with Crippen LogP contribution in [0.2, 0.25) is 0 Å². The molecule has 1 aromatic rings. The summed E-state index contributed by atoms with van der Waals surface area (Å²) in [6, 6.07) is 0. The topological polar surface area (TPSA) is 54.0 Å². The molecule has 1 rings (SSSR count). The Kier molecular flexibility index (Phi) is 3.71. The van der Waals surface area contributed by atoms with Gasteiger partial charge in [0.1, 0.15) is 0 Å². The highest BCUT2D eigenvalue weighted by molar-refractivity contribution is 7.99. The molecule has 4 nitrogen and oxygen atoms in total. The Balaban J connectivity index is 2.76. The van der Waals surface area contributed by atoms with Gasteiger partial charge in [0.05, 0.1) is 9.90 Å². The Bertz CT molecular complexity index is 311. The molecular formula is C7H11N3OS2. The zero-order valence-corrected chi connectivity index (χ0v) is 9.30. The summed E-state index contributed by atoms with van der Waals surface area (Å²) < 4.78 is 4.04. The summed E-state index contributed by atoms with van der Waals surface area (Å²) in [5, 5.41) is 3.31. The molecule has 0 unspecified atom stereocenters. The molecule has 1 aromatic heterocycles. The van der Waals surface area contributed by atoms with Crippen molar-refractivity contribution in [1.29, 1.82) is 0 Å². The molecule has 2 N–H and O–H groups in total. The van der Waals surface area contributed by atoms with Gasteiger partial charge in [-0.15, -0.1) is 0 Å². The van der Waals surface area contributed by atoms with Gasteiger partial charge in [-0.25, -0.2) is 4.98 Å². The average Bonchev–Trinajstić information content (AvgIpc) is 2.31. The quantitative estimate of drug-likeness (QED) is 0.756. The van der Waals surface area contributed by atoms with Gasteiger partial charge in [-0.3, -0.25) is 9.52 Å². The van der Waals surface area contributed by atoms with Crippen LogP contribution in [0.5, 0.6) is 0 Å². The van der Waals surface area contributed by atoms with Gasteiger partial charge in [-0.1, -0.05) is 11.3 Å². The molecule has 6 heteroatoms. The molecule has 0 fully saturated rings. The number of carbonyl (C=O) groups is 1. The van der Waals surface area contributed by atoms with E-state index in [2.05, 4.69) is 15.0 Å². The van der Waals surface area contributed by atoms with Gasteiger partial charge in [0.25, 0.3) is 0 Å². The van der Waals surface area contributed by atoms with E-state index < -0.39 is 0 Å². The fraction of sp³-hybridized carbons (Fsp3) is 0.429. The van der Waals surface area contributed by atoms with E-state index in [9.17, 15) is 4.79 Å². The van der Waals surface area contributed by atoms with Crippen LogP contribution < -0.4 is 10.0 Å². The van der Waals surface area contributed by atoms with Crippen LogP contribution in [-0.4, -0.2) is 17.9 Å². The van der Waals surface area contributed by atoms with Crippen LogP contribution in [0.25, 0.3) is 0 Å². The van der Waals surface area contributed by atoms with E-state index in [4.69, 9.17) is 0 Å².